The van der Waals surface area contributed by atoms with Crippen molar-refractivity contribution in [3.05, 3.63) is 53.3 Å². The molecule has 1 atom stereocenters. The summed E-state index contributed by atoms with van der Waals surface area (Å²) < 4.78 is 65.9. The molecule has 1 aromatic heterocycles. The van der Waals surface area contributed by atoms with E-state index in [9.17, 15) is 4.39 Å². The minimum atomic E-state index is -0.947. The largest absolute Gasteiger partial charge is 0.493 e. The van der Waals surface area contributed by atoms with E-state index in [1.807, 2.05) is 4.90 Å². The molecule has 2 saturated heterocycles. The molecule has 3 heterocycles. The third-order valence-corrected chi connectivity index (χ3v) is 9.48. The van der Waals surface area contributed by atoms with Crippen molar-refractivity contribution in [3.8, 4) is 35.2 Å². The molecule has 0 radical (unpaired) electrons. The summed E-state index contributed by atoms with van der Waals surface area (Å²) in [4.78, 5) is 13.7. The van der Waals surface area contributed by atoms with E-state index in [-0.39, 0.29) is 44.6 Å². The highest BCUT2D eigenvalue weighted by molar-refractivity contribution is 6.05. The Bertz CT molecular complexity index is 1850. The van der Waals surface area contributed by atoms with Crippen LogP contribution in [0.2, 0.25) is 0 Å². The maximum atomic E-state index is 16.9. The van der Waals surface area contributed by atoms with Gasteiger partial charge in [-0.2, -0.15) is 9.97 Å². The van der Waals surface area contributed by atoms with Crippen molar-refractivity contribution < 1.29 is 27.4 Å². The molecule has 2 aliphatic heterocycles. The Labute approximate surface area is 265 Å². The molecule has 3 aliphatic rings. The summed E-state index contributed by atoms with van der Waals surface area (Å²) in [5, 5.41) is 4.19. The first kappa shape index (κ1) is 30.5. The Morgan fingerprint density at radius 2 is 1.87 bits per heavy atom. The summed E-state index contributed by atoms with van der Waals surface area (Å²) in [5.41, 5.74) is -0.589. The van der Waals surface area contributed by atoms with E-state index in [2.05, 4.69) is 28.0 Å². The third kappa shape index (κ3) is 5.38. The molecule has 1 aliphatic carbocycles. The van der Waals surface area contributed by atoms with Crippen LogP contribution in [0.15, 0.2) is 30.3 Å². The molecule has 240 valence electrons. The fourth-order valence-corrected chi connectivity index (χ4v) is 6.71. The van der Waals surface area contributed by atoms with Gasteiger partial charge < -0.3 is 24.4 Å². The summed E-state index contributed by atoms with van der Waals surface area (Å²) >= 11 is 0. The van der Waals surface area contributed by atoms with Gasteiger partial charge in [0.05, 0.1) is 43.4 Å². The highest BCUT2D eigenvalue weighted by atomic mass is 19.1. The van der Waals surface area contributed by atoms with E-state index in [1.165, 1.54) is 25.3 Å². The number of hydrogen-bond acceptors (Lipinski definition) is 8. The van der Waals surface area contributed by atoms with E-state index in [0.29, 0.717) is 63.2 Å². The van der Waals surface area contributed by atoms with Gasteiger partial charge in [-0.25, -0.2) is 13.2 Å². The van der Waals surface area contributed by atoms with Gasteiger partial charge in [-0.15, -0.1) is 6.42 Å². The minimum absolute atomic E-state index is 0.00845. The Morgan fingerprint density at radius 1 is 1.07 bits per heavy atom. The standard InChI is InChI=1S/C35H36F3N5O3/c1-4-23-25(36)9-8-22-6-5-7-24(26(22)23)27-29(37)31-28(32(44-3)30(27)38)33(42-14-12-39-13-15-42)41-34(40-31)46-20-35(10-11-35)19-43-16-17-45-18-21(43)2/h1,5-9,21,39H,10-20H2,2-3H3. The van der Waals surface area contributed by atoms with Gasteiger partial charge in [0, 0.05) is 56.1 Å². The molecule has 1 N–H and O–H groups in total. The molecule has 1 saturated carbocycles. The molecule has 0 spiro atoms. The van der Waals surface area contributed by atoms with Crippen LogP contribution in [0.4, 0.5) is 19.0 Å². The quantitative estimate of drug-likeness (QED) is 0.268. The van der Waals surface area contributed by atoms with Crippen LogP contribution in [0, 0.1) is 35.2 Å². The lowest BCUT2D eigenvalue weighted by Crippen LogP contribution is -2.47. The Hall–Kier alpha value is -4.11. The van der Waals surface area contributed by atoms with Crippen LogP contribution in [0.3, 0.4) is 0 Å². The molecule has 3 fully saturated rings. The van der Waals surface area contributed by atoms with Crippen molar-refractivity contribution in [2.45, 2.75) is 25.8 Å². The number of anilines is 1. The predicted molar refractivity (Wildman–Crippen MR) is 171 cm³/mol. The van der Waals surface area contributed by atoms with Crippen LogP contribution >= 0.6 is 0 Å². The fraction of sp³-hybridized carbons (Fsp3) is 0.429. The maximum Gasteiger partial charge on any atom is 0.319 e. The fourth-order valence-electron chi connectivity index (χ4n) is 6.71. The number of halogens is 3. The minimum Gasteiger partial charge on any atom is -0.493 e. The number of nitrogens with one attached hydrogen (secondary N) is 1. The average Bonchev–Trinajstić information content (AvgIpc) is 3.85. The summed E-state index contributed by atoms with van der Waals surface area (Å²) in [5.74, 6) is -0.0418. The zero-order valence-corrected chi connectivity index (χ0v) is 26.0. The van der Waals surface area contributed by atoms with Crippen LogP contribution in [0.5, 0.6) is 11.8 Å². The Morgan fingerprint density at radius 3 is 2.59 bits per heavy atom. The lowest BCUT2D eigenvalue weighted by molar-refractivity contribution is -0.0134. The van der Waals surface area contributed by atoms with Gasteiger partial charge in [-0.3, -0.25) is 4.90 Å². The average molecular weight is 632 g/mol. The number of benzene rings is 3. The lowest BCUT2D eigenvalue weighted by Gasteiger charge is -2.35. The number of fused-ring (bicyclic) bond motifs is 2. The van der Waals surface area contributed by atoms with Gasteiger partial charge in [0.15, 0.2) is 17.4 Å². The first-order valence-corrected chi connectivity index (χ1v) is 15.7. The highest BCUT2D eigenvalue weighted by Gasteiger charge is 2.46. The molecule has 0 bridgehead atoms. The summed E-state index contributed by atoms with van der Waals surface area (Å²) in [7, 11) is 1.32. The lowest BCUT2D eigenvalue weighted by atomic mass is 9.92. The number of aromatic nitrogens is 2. The number of nitrogens with zero attached hydrogens (tertiary/aromatic N) is 4. The third-order valence-electron chi connectivity index (χ3n) is 9.48. The second-order valence-electron chi connectivity index (χ2n) is 12.5. The molecule has 0 amide bonds. The van der Waals surface area contributed by atoms with Crippen LogP contribution in [-0.4, -0.2) is 87.1 Å². The molecule has 11 heteroatoms. The number of methoxy groups -OCH3 is 1. The molecule has 46 heavy (non-hydrogen) atoms. The first-order valence-electron chi connectivity index (χ1n) is 15.7. The smallest absolute Gasteiger partial charge is 0.319 e. The van der Waals surface area contributed by atoms with Gasteiger partial charge in [0.25, 0.3) is 0 Å². The van der Waals surface area contributed by atoms with Gasteiger partial charge in [-0.05, 0) is 36.8 Å². The molecular formula is C35H36F3N5O3. The van der Waals surface area contributed by atoms with Crippen LogP contribution in [0.1, 0.15) is 25.3 Å². The maximum absolute atomic E-state index is 16.9. The van der Waals surface area contributed by atoms with E-state index in [1.54, 1.807) is 12.1 Å². The van der Waals surface area contributed by atoms with Crippen LogP contribution < -0.4 is 19.7 Å². The van der Waals surface area contributed by atoms with E-state index in [4.69, 9.17) is 25.6 Å². The van der Waals surface area contributed by atoms with E-state index >= 15 is 8.78 Å². The van der Waals surface area contributed by atoms with Crippen LogP contribution in [0.25, 0.3) is 32.8 Å². The molecule has 4 aromatic rings. The SMILES string of the molecule is C#Cc1c(F)ccc2cccc(-c3c(F)c(OC)c4c(N5CCNCC5)nc(OCC5(CN6CCOCC6C)CC5)nc4c3F)c12. The van der Waals surface area contributed by atoms with E-state index in [0.717, 1.165) is 25.9 Å². The van der Waals surface area contributed by atoms with Crippen molar-refractivity contribution in [1.29, 1.82) is 0 Å². The number of terminal acetylenes is 1. The molecule has 3 aromatic carbocycles. The number of rotatable bonds is 8. The molecule has 8 nitrogen and oxygen atoms in total. The monoisotopic (exact) mass is 631 g/mol. The summed E-state index contributed by atoms with van der Waals surface area (Å²) in [6.07, 6.45) is 7.69. The Kier molecular flexibility index (Phi) is 8.13. The number of piperazine rings is 1. The van der Waals surface area contributed by atoms with Gasteiger partial charge in [0.2, 0.25) is 0 Å². The second kappa shape index (κ2) is 12.2. The van der Waals surface area contributed by atoms with Gasteiger partial charge in [-0.1, -0.05) is 30.2 Å². The van der Waals surface area contributed by atoms with E-state index < -0.39 is 23.0 Å². The van der Waals surface area contributed by atoms with Crippen molar-refractivity contribution in [2.75, 3.05) is 71.1 Å². The zero-order chi connectivity index (χ0) is 32.0. The van der Waals surface area contributed by atoms with Crippen molar-refractivity contribution in [3.63, 3.8) is 0 Å². The number of ether oxygens (including phenoxy) is 3. The van der Waals surface area contributed by atoms with Gasteiger partial charge in [0.1, 0.15) is 17.2 Å². The normalized spacial score (nSPS) is 19.7. The second-order valence-corrected chi connectivity index (χ2v) is 12.5. The van der Waals surface area contributed by atoms with Crippen molar-refractivity contribution in [2.24, 2.45) is 5.41 Å². The number of hydrogen-bond donors (Lipinski definition) is 1. The molecular weight excluding hydrogens is 595 g/mol. The van der Waals surface area contributed by atoms with Crippen molar-refractivity contribution >= 4 is 27.5 Å². The predicted octanol–water partition coefficient (Wildman–Crippen LogP) is 5.15. The summed E-state index contributed by atoms with van der Waals surface area (Å²) in [6, 6.07) is 7.99. The number of morpholine rings is 1. The summed E-state index contributed by atoms with van der Waals surface area (Å²) in [6.45, 7) is 8.12. The zero-order valence-electron chi connectivity index (χ0n) is 26.0. The Balaban J connectivity index is 1.37. The van der Waals surface area contributed by atoms with Crippen LogP contribution in [-0.2, 0) is 4.74 Å². The topological polar surface area (TPSA) is 72.0 Å². The van der Waals surface area contributed by atoms with Gasteiger partial charge >= 0.3 is 6.01 Å². The molecule has 1 unspecified atom stereocenters. The van der Waals surface area contributed by atoms with Crippen molar-refractivity contribution in [1.82, 2.24) is 20.2 Å². The molecule has 7 rings (SSSR count). The highest BCUT2D eigenvalue weighted by Crippen LogP contribution is 2.48. The first-order chi connectivity index (χ1) is 22.3.